The largest absolute Gasteiger partial charge is 0.490 e. The Kier molecular flexibility index (Phi) is 5.42. The standard InChI is InChI=1S/C21H24ClN3O3/c1-13-3-2-4-17(22)19(13)28-8-7-24-20(26)16-5-6-18-15-9-14(10-23-11-15)12-25(18)21(16)27/h2-6,14-15,23H,7-12H2,1H3,(H,24,26)/t14-,15+/m0/s1. The van der Waals surface area contributed by atoms with Crippen molar-refractivity contribution >= 4 is 17.5 Å². The molecule has 2 aromatic rings. The smallest absolute Gasteiger partial charge is 0.263 e. The summed E-state index contributed by atoms with van der Waals surface area (Å²) in [5.41, 5.74) is 1.95. The number of piperidine rings is 1. The molecule has 2 aliphatic heterocycles. The van der Waals surface area contributed by atoms with E-state index < -0.39 is 0 Å². The lowest BCUT2D eigenvalue weighted by Crippen LogP contribution is -2.46. The maximum atomic E-state index is 12.9. The van der Waals surface area contributed by atoms with Gasteiger partial charge in [0.05, 0.1) is 11.6 Å². The summed E-state index contributed by atoms with van der Waals surface area (Å²) in [5.74, 6) is 1.06. The van der Waals surface area contributed by atoms with Gasteiger partial charge in [-0.2, -0.15) is 0 Å². The lowest BCUT2D eigenvalue weighted by molar-refractivity contribution is 0.0944. The summed E-state index contributed by atoms with van der Waals surface area (Å²) >= 11 is 6.13. The Morgan fingerprint density at radius 2 is 2.18 bits per heavy atom. The van der Waals surface area contributed by atoms with E-state index in [1.807, 2.05) is 25.1 Å². The highest BCUT2D eigenvalue weighted by molar-refractivity contribution is 6.32. The van der Waals surface area contributed by atoms with Crippen LogP contribution in [0.1, 0.15) is 34.0 Å². The number of pyridine rings is 1. The molecule has 2 bridgehead atoms. The van der Waals surface area contributed by atoms with Gasteiger partial charge in [0.15, 0.2) is 0 Å². The second-order valence-corrected chi connectivity index (χ2v) is 7.94. The number of ether oxygens (including phenoxy) is 1. The Labute approximate surface area is 168 Å². The van der Waals surface area contributed by atoms with Crippen molar-refractivity contribution in [3.8, 4) is 5.75 Å². The highest BCUT2D eigenvalue weighted by atomic mass is 35.5. The molecule has 2 N–H and O–H groups in total. The van der Waals surface area contributed by atoms with Crippen molar-refractivity contribution in [2.24, 2.45) is 5.92 Å². The molecular formula is C21H24ClN3O3. The Morgan fingerprint density at radius 3 is 3.00 bits per heavy atom. The second kappa shape index (κ2) is 7.97. The van der Waals surface area contributed by atoms with Gasteiger partial charge in [0.2, 0.25) is 0 Å². The van der Waals surface area contributed by atoms with Crippen molar-refractivity contribution in [1.29, 1.82) is 0 Å². The van der Waals surface area contributed by atoms with Gasteiger partial charge in [-0.25, -0.2) is 0 Å². The molecule has 1 saturated heterocycles. The van der Waals surface area contributed by atoms with Crippen LogP contribution in [0.3, 0.4) is 0 Å². The van der Waals surface area contributed by atoms with E-state index in [1.165, 1.54) is 0 Å². The van der Waals surface area contributed by atoms with Crippen LogP contribution in [-0.2, 0) is 6.54 Å². The number of para-hydroxylation sites is 1. The molecule has 2 aliphatic rings. The molecule has 148 valence electrons. The van der Waals surface area contributed by atoms with Gasteiger partial charge in [0.25, 0.3) is 11.5 Å². The Morgan fingerprint density at radius 1 is 1.32 bits per heavy atom. The number of amides is 1. The van der Waals surface area contributed by atoms with Gasteiger partial charge in [-0.1, -0.05) is 23.7 Å². The van der Waals surface area contributed by atoms with Gasteiger partial charge in [-0.05, 0) is 49.6 Å². The average Bonchev–Trinajstić information content (AvgIpc) is 2.68. The fourth-order valence-electron chi connectivity index (χ4n) is 4.18. The third kappa shape index (κ3) is 3.66. The average molecular weight is 402 g/mol. The summed E-state index contributed by atoms with van der Waals surface area (Å²) in [5, 5.41) is 6.74. The van der Waals surface area contributed by atoms with E-state index in [-0.39, 0.29) is 23.6 Å². The highest BCUT2D eigenvalue weighted by Crippen LogP contribution is 2.31. The Balaban J connectivity index is 1.40. The number of rotatable bonds is 5. The zero-order valence-corrected chi connectivity index (χ0v) is 16.6. The van der Waals surface area contributed by atoms with Gasteiger partial charge in [0.1, 0.15) is 17.9 Å². The number of carbonyl (C=O) groups excluding carboxylic acids is 1. The number of fused-ring (bicyclic) bond motifs is 4. The Hall–Kier alpha value is -2.31. The number of nitrogens with one attached hydrogen (secondary N) is 2. The first kappa shape index (κ1) is 19.0. The fraction of sp³-hybridized carbons (Fsp3) is 0.429. The number of hydrogen-bond acceptors (Lipinski definition) is 4. The van der Waals surface area contributed by atoms with E-state index in [0.717, 1.165) is 30.8 Å². The SMILES string of the molecule is Cc1cccc(Cl)c1OCCNC(=O)c1ccc2n(c1=O)C[C@@H]1CNC[C@H]2C1. The van der Waals surface area contributed by atoms with Crippen LogP contribution < -0.4 is 20.9 Å². The molecule has 2 atom stereocenters. The maximum Gasteiger partial charge on any atom is 0.263 e. The van der Waals surface area contributed by atoms with Crippen LogP contribution >= 0.6 is 11.6 Å². The van der Waals surface area contributed by atoms with Crippen LogP contribution in [0.15, 0.2) is 35.1 Å². The number of benzene rings is 1. The van der Waals surface area contributed by atoms with E-state index in [1.54, 1.807) is 16.7 Å². The predicted molar refractivity (Wildman–Crippen MR) is 108 cm³/mol. The van der Waals surface area contributed by atoms with Crippen LogP contribution in [0.5, 0.6) is 5.75 Å². The molecule has 6 nitrogen and oxygen atoms in total. The monoisotopic (exact) mass is 401 g/mol. The number of carbonyl (C=O) groups is 1. The molecule has 0 radical (unpaired) electrons. The second-order valence-electron chi connectivity index (χ2n) is 7.53. The summed E-state index contributed by atoms with van der Waals surface area (Å²) in [6.45, 7) is 4.97. The van der Waals surface area contributed by atoms with Crippen LogP contribution in [0.4, 0.5) is 0 Å². The van der Waals surface area contributed by atoms with Crippen molar-refractivity contribution in [3.05, 3.63) is 62.5 Å². The van der Waals surface area contributed by atoms with Crippen molar-refractivity contribution in [3.63, 3.8) is 0 Å². The number of halogens is 1. The van der Waals surface area contributed by atoms with Crippen molar-refractivity contribution in [1.82, 2.24) is 15.2 Å². The molecule has 0 aliphatic carbocycles. The summed E-state index contributed by atoms with van der Waals surface area (Å²) in [6, 6.07) is 9.12. The first-order valence-electron chi connectivity index (χ1n) is 9.65. The van der Waals surface area contributed by atoms with E-state index in [9.17, 15) is 9.59 Å². The molecule has 1 amide bonds. The van der Waals surface area contributed by atoms with E-state index >= 15 is 0 Å². The lowest BCUT2D eigenvalue weighted by atomic mass is 9.84. The van der Waals surface area contributed by atoms with Crippen LogP contribution in [0.25, 0.3) is 0 Å². The van der Waals surface area contributed by atoms with Crippen LogP contribution in [0, 0.1) is 12.8 Å². The zero-order valence-electron chi connectivity index (χ0n) is 15.8. The van der Waals surface area contributed by atoms with Crippen LogP contribution in [-0.4, -0.2) is 36.7 Å². The van der Waals surface area contributed by atoms with Gasteiger partial charge >= 0.3 is 0 Å². The normalized spacial score (nSPS) is 20.4. The number of aryl methyl sites for hydroxylation is 1. The molecule has 1 aromatic carbocycles. The molecule has 4 rings (SSSR count). The van der Waals surface area contributed by atoms with E-state index in [0.29, 0.717) is 35.7 Å². The molecule has 0 spiro atoms. The van der Waals surface area contributed by atoms with Crippen molar-refractivity contribution in [2.75, 3.05) is 26.2 Å². The molecule has 28 heavy (non-hydrogen) atoms. The van der Waals surface area contributed by atoms with Gasteiger partial charge < -0.3 is 19.9 Å². The number of nitrogens with zero attached hydrogens (tertiary/aromatic N) is 1. The zero-order chi connectivity index (χ0) is 19.7. The van der Waals surface area contributed by atoms with E-state index in [2.05, 4.69) is 10.6 Å². The summed E-state index contributed by atoms with van der Waals surface area (Å²) in [4.78, 5) is 25.4. The fourth-order valence-corrected chi connectivity index (χ4v) is 4.45. The number of hydrogen-bond donors (Lipinski definition) is 2. The minimum absolute atomic E-state index is 0.186. The third-order valence-corrected chi connectivity index (χ3v) is 5.85. The number of aromatic nitrogens is 1. The summed E-state index contributed by atoms with van der Waals surface area (Å²) in [7, 11) is 0. The summed E-state index contributed by atoms with van der Waals surface area (Å²) < 4.78 is 7.48. The first-order valence-corrected chi connectivity index (χ1v) is 10.0. The van der Waals surface area contributed by atoms with Gasteiger partial charge in [0, 0.05) is 24.7 Å². The molecule has 7 heteroatoms. The molecule has 3 heterocycles. The Bertz CT molecular complexity index is 936. The molecule has 1 aromatic heterocycles. The maximum absolute atomic E-state index is 12.9. The topological polar surface area (TPSA) is 72.4 Å². The predicted octanol–water partition coefficient (Wildman–Crippen LogP) is 2.33. The minimum atomic E-state index is -0.367. The van der Waals surface area contributed by atoms with E-state index in [4.69, 9.17) is 16.3 Å². The van der Waals surface area contributed by atoms with Gasteiger partial charge in [-0.3, -0.25) is 9.59 Å². The van der Waals surface area contributed by atoms with Crippen LogP contribution in [0.2, 0.25) is 5.02 Å². The third-order valence-electron chi connectivity index (χ3n) is 5.55. The minimum Gasteiger partial charge on any atom is -0.490 e. The molecule has 1 fully saturated rings. The molecule has 0 unspecified atom stereocenters. The molecular weight excluding hydrogens is 378 g/mol. The highest BCUT2D eigenvalue weighted by Gasteiger charge is 2.31. The van der Waals surface area contributed by atoms with Crippen molar-refractivity contribution in [2.45, 2.75) is 25.8 Å². The van der Waals surface area contributed by atoms with Gasteiger partial charge in [-0.15, -0.1) is 0 Å². The molecule has 0 saturated carbocycles. The summed E-state index contributed by atoms with van der Waals surface area (Å²) in [6.07, 6.45) is 1.11. The quantitative estimate of drug-likeness (QED) is 0.754. The lowest BCUT2D eigenvalue weighted by Gasteiger charge is -2.37. The first-order chi connectivity index (χ1) is 13.5. The van der Waals surface area contributed by atoms with Crippen molar-refractivity contribution < 1.29 is 9.53 Å².